The molecule has 1 aromatic heterocycles. The number of para-hydroxylation sites is 2. The van der Waals surface area contributed by atoms with E-state index in [4.69, 9.17) is 18.7 Å². The first kappa shape index (κ1) is 22.4. The first-order valence-corrected chi connectivity index (χ1v) is 11.0. The smallest absolute Gasteiger partial charge is 0.324 e. The van der Waals surface area contributed by atoms with Gasteiger partial charge in [0.2, 0.25) is 11.7 Å². The number of anilines is 2. The third-order valence-electron chi connectivity index (χ3n) is 5.64. The number of nitrogens with one attached hydrogen (secondary N) is 1. The normalized spacial score (nSPS) is 14.1. The quantitative estimate of drug-likeness (QED) is 0.547. The zero-order valence-corrected chi connectivity index (χ0v) is 19.0. The molecular formula is C24H28N4O5. The Morgan fingerprint density at radius 3 is 2.58 bits per heavy atom. The van der Waals surface area contributed by atoms with Crippen LogP contribution in [-0.4, -0.2) is 50.0 Å². The van der Waals surface area contributed by atoms with Crippen LogP contribution in [0.4, 0.5) is 11.7 Å². The van der Waals surface area contributed by atoms with Crippen molar-refractivity contribution in [2.24, 2.45) is 5.92 Å². The van der Waals surface area contributed by atoms with E-state index in [-0.39, 0.29) is 11.8 Å². The number of ether oxygens (including phenoxy) is 3. The van der Waals surface area contributed by atoms with E-state index in [1.54, 1.807) is 14.2 Å². The first-order valence-electron chi connectivity index (χ1n) is 11.0. The summed E-state index contributed by atoms with van der Waals surface area (Å²) < 4.78 is 21.8. The van der Waals surface area contributed by atoms with Gasteiger partial charge in [-0.1, -0.05) is 17.3 Å². The van der Waals surface area contributed by atoms with Gasteiger partial charge in [-0.15, -0.1) is 0 Å². The molecule has 1 amide bonds. The monoisotopic (exact) mass is 452 g/mol. The van der Waals surface area contributed by atoms with E-state index >= 15 is 0 Å². The summed E-state index contributed by atoms with van der Waals surface area (Å²) in [6.45, 7) is 3.77. The van der Waals surface area contributed by atoms with Crippen molar-refractivity contribution in [1.82, 2.24) is 10.1 Å². The maximum atomic E-state index is 12.7. The molecule has 0 spiro atoms. The fraction of sp³-hybridized carbons (Fsp3) is 0.375. The molecule has 0 atom stereocenters. The lowest BCUT2D eigenvalue weighted by atomic mass is 9.96. The van der Waals surface area contributed by atoms with E-state index < -0.39 is 0 Å². The number of piperidine rings is 1. The van der Waals surface area contributed by atoms with Crippen LogP contribution in [0.5, 0.6) is 17.2 Å². The molecule has 0 unspecified atom stereocenters. The second-order valence-electron chi connectivity index (χ2n) is 7.65. The molecule has 3 aromatic rings. The minimum absolute atomic E-state index is 0.00755. The number of hydrogen-bond acceptors (Lipinski definition) is 8. The molecule has 0 saturated carbocycles. The van der Waals surface area contributed by atoms with Crippen molar-refractivity contribution >= 4 is 17.6 Å². The average Bonchev–Trinajstić information content (AvgIpc) is 3.35. The van der Waals surface area contributed by atoms with Crippen LogP contribution in [0.15, 0.2) is 47.0 Å². The molecule has 0 radical (unpaired) electrons. The highest BCUT2D eigenvalue weighted by Crippen LogP contribution is 2.33. The van der Waals surface area contributed by atoms with E-state index in [0.717, 1.165) is 5.56 Å². The maximum absolute atomic E-state index is 12.7. The Labute approximate surface area is 192 Å². The van der Waals surface area contributed by atoms with Crippen LogP contribution >= 0.6 is 0 Å². The number of aromatic nitrogens is 2. The van der Waals surface area contributed by atoms with E-state index in [0.29, 0.717) is 67.3 Å². The minimum atomic E-state index is -0.0936. The number of benzene rings is 2. The van der Waals surface area contributed by atoms with Gasteiger partial charge in [0.05, 0.1) is 26.5 Å². The Morgan fingerprint density at radius 1 is 1.09 bits per heavy atom. The Hall–Kier alpha value is -3.75. The summed E-state index contributed by atoms with van der Waals surface area (Å²) in [5.74, 6) is 2.30. The molecule has 1 N–H and O–H groups in total. The van der Waals surface area contributed by atoms with Gasteiger partial charge in [0.25, 0.3) is 0 Å². The van der Waals surface area contributed by atoms with Crippen LogP contribution in [0.2, 0.25) is 0 Å². The van der Waals surface area contributed by atoms with Gasteiger partial charge >= 0.3 is 6.01 Å². The molecule has 2 heterocycles. The molecule has 1 aliphatic rings. The summed E-state index contributed by atoms with van der Waals surface area (Å²) in [4.78, 5) is 19.3. The number of methoxy groups -OCH3 is 2. The standard InChI is InChI=1S/C24H28N4O5/c1-4-32-20-10-9-17(15-21(20)31-3)22-26-24(33-27-22)28-13-11-16(12-14-28)23(29)25-18-7-5-6-8-19(18)30-2/h5-10,15-16H,4,11-14H2,1-3H3,(H,25,29). The molecule has 9 heteroatoms. The predicted molar refractivity (Wildman–Crippen MR) is 124 cm³/mol. The molecule has 33 heavy (non-hydrogen) atoms. The van der Waals surface area contributed by atoms with Gasteiger partial charge < -0.3 is 29.0 Å². The van der Waals surface area contributed by atoms with E-state index in [1.165, 1.54) is 0 Å². The zero-order chi connectivity index (χ0) is 23.2. The topological polar surface area (TPSA) is 99.0 Å². The zero-order valence-electron chi connectivity index (χ0n) is 19.0. The van der Waals surface area contributed by atoms with Crippen molar-refractivity contribution in [3.05, 3.63) is 42.5 Å². The fourth-order valence-electron chi connectivity index (χ4n) is 3.86. The van der Waals surface area contributed by atoms with Crippen LogP contribution in [0, 0.1) is 5.92 Å². The highest BCUT2D eigenvalue weighted by molar-refractivity contribution is 5.94. The lowest BCUT2D eigenvalue weighted by molar-refractivity contribution is -0.120. The fourth-order valence-corrected chi connectivity index (χ4v) is 3.86. The van der Waals surface area contributed by atoms with E-state index in [1.807, 2.05) is 54.3 Å². The van der Waals surface area contributed by atoms with Gasteiger partial charge in [-0.3, -0.25) is 4.79 Å². The summed E-state index contributed by atoms with van der Waals surface area (Å²) >= 11 is 0. The van der Waals surface area contributed by atoms with Crippen molar-refractivity contribution in [3.63, 3.8) is 0 Å². The second-order valence-corrected chi connectivity index (χ2v) is 7.65. The summed E-state index contributed by atoms with van der Waals surface area (Å²) in [7, 11) is 3.18. The van der Waals surface area contributed by atoms with E-state index in [9.17, 15) is 4.79 Å². The summed E-state index contributed by atoms with van der Waals surface area (Å²) in [6, 6.07) is 13.4. The van der Waals surface area contributed by atoms with Crippen LogP contribution in [0.3, 0.4) is 0 Å². The lowest BCUT2D eigenvalue weighted by Crippen LogP contribution is -2.38. The highest BCUT2D eigenvalue weighted by atomic mass is 16.5. The Morgan fingerprint density at radius 2 is 1.85 bits per heavy atom. The minimum Gasteiger partial charge on any atom is -0.495 e. The number of carbonyl (C=O) groups is 1. The summed E-state index contributed by atoms with van der Waals surface area (Å²) in [6.07, 6.45) is 1.38. The Kier molecular flexibility index (Phi) is 6.97. The maximum Gasteiger partial charge on any atom is 0.324 e. The van der Waals surface area contributed by atoms with Gasteiger partial charge in [0.15, 0.2) is 11.5 Å². The van der Waals surface area contributed by atoms with E-state index in [2.05, 4.69) is 15.5 Å². The SMILES string of the molecule is CCOc1ccc(-c2noc(N3CCC(C(=O)Nc4ccccc4OC)CC3)n2)cc1OC. The third-order valence-corrected chi connectivity index (χ3v) is 5.64. The van der Waals surface area contributed by atoms with Crippen molar-refractivity contribution in [3.8, 4) is 28.6 Å². The van der Waals surface area contributed by atoms with Crippen LogP contribution < -0.4 is 24.4 Å². The van der Waals surface area contributed by atoms with Crippen molar-refractivity contribution in [2.45, 2.75) is 19.8 Å². The summed E-state index contributed by atoms with van der Waals surface area (Å²) in [5, 5.41) is 7.10. The van der Waals surface area contributed by atoms with Crippen LogP contribution in [0.25, 0.3) is 11.4 Å². The van der Waals surface area contributed by atoms with Gasteiger partial charge in [-0.2, -0.15) is 4.98 Å². The first-order chi connectivity index (χ1) is 16.1. The molecule has 174 valence electrons. The molecule has 0 aliphatic carbocycles. The molecule has 4 rings (SSSR count). The van der Waals surface area contributed by atoms with Gasteiger partial charge in [-0.05, 0) is 50.1 Å². The largest absolute Gasteiger partial charge is 0.495 e. The van der Waals surface area contributed by atoms with Crippen LogP contribution in [0.1, 0.15) is 19.8 Å². The molecule has 1 saturated heterocycles. The predicted octanol–water partition coefficient (Wildman–Crippen LogP) is 4.01. The Bertz CT molecular complexity index is 1090. The summed E-state index contributed by atoms with van der Waals surface area (Å²) in [5.41, 5.74) is 1.45. The van der Waals surface area contributed by atoms with Gasteiger partial charge in [0.1, 0.15) is 5.75 Å². The van der Waals surface area contributed by atoms with Crippen molar-refractivity contribution in [2.75, 3.05) is 44.1 Å². The molecule has 0 bridgehead atoms. The second kappa shape index (κ2) is 10.2. The number of carbonyl (C=O) groups excluding carboxylic acids is 1. The number of hydrogen-bond donors (Lipinski definition) is 1. The third kappa shape index (κ3) is 5.02. The molecule has 1 fully saturated rings. The number of rotatable bonds is 8. The Balaban J connectivity index is 1.37. The average molecular weight is 453 g/mol. The highest BCUT2D eigenvalue weighted by Gasteiger charge is 2.28. The molecule has 2 aromatic carbocycles. The molecule has 9 nitrogen and oxygen atoms in total. The van der Waals surface area contributed by atoms with Gasteiger partial charge in [-0.25, -0.2) is 0 Å². The lowest BCUT2D eigenvalue weighted by Gasteiger charge is -2.29. The van der Waals surface area contributed by atoms with Crippen molar-refractivity contribution in [1.29, 1.82) is 0 Å². The van der Waals surface area contributed by atoms with Crippen LogP contribution in [-0.2, 0) is 4.79 Å². The van der Waals surface area contributed by atoms with Crippen molar-refractivity contribution < 1.29 is 23.5 Å². The van der Waals surface area contributed by atoms with Gasteiger partial charge in [0, 0.05) is 24.6 Å². The molecular weight excluding hydrogens is 424 g/mol. The number of amides is 1. The molecule has 1 aliphatic heterocycles. The number of nitrogens with zero attached hydrogens (tertiary/aromatic N) is 3.